The molecular formula is C25H28N2O5. The molecule has 1 heterocycles. The lowest BCUT2D eigenvalue weighted by molar-refractivity contribution is -0.135. The van der Waals surface area contributed by atoms with Crippen molar-refractivity contribution in [2.24, 2.45) is 5.16 Å². The standard InChI is InChI=1S/C25H28N2O5/c1-3-14-31-27-21(17-24(28)29)16-19-9-11-22(12-10-19)30-15-13-23-18(2)32-25(26-23)20-7-5-4-6-8-20/h4-12H,3,13-17H2,1-2H3,(H,28,29)/b27-21+. The summed E-state index contributed by atoms with van der Waals surface area (Å²) in [5, 5.41) is 13.0. The first kappa shape index (κ1) is 23.1. The molecule has 0 aliphatic carbocycles. The monoisotopic (exact) mass is 436 g/mol. The Morgan fingerprint density at radius 1 is 1.09 bits per heavy atom. The summed E-state index contributed by atoms with van der Waals surface area (Å²) in [5.41, 5.74) is 3.25. The molecule has 0 saturated heterocycles. The third-order valence-electron chi connectivity index (χ3n) is 4.70. The fourth-order valence-corrected chi connectivity index (χ4v) is 3.10. The van der Waals surface area contributed by atoms with Crippen LogP contribution in [-0.4, -0.2) is 35.0 Å². The van der Waals surface area contributed by atoms with Crippen LogP contribution in [0.15, 0.2) is 64.2 Å². The van der Waals surface area contributed by atoms with Crippen molar-refractivity contribution in [3.05, 3.63) is 71.6 Å². The van der Waals surface area contributed by atoms with Crippen LogP contribution in [0.3, 0.4) is 0 Å². The Morgan fingerprint density at radius 2 is 1.84 bits per heavy atom. The Morgan fingerprint density at radius 3 is 2.53 bits per heavy atom. The van der Waals surface area contributed by atoms with Gasteiger partial charge < -0.3 is 19.1 Å². The Hall–Kier alpha value is -3.61. The van der Waals surface area contributed by atoms with Crippen molar-refractivity contribution in [2.75, 3.05) is 13.2 Å². The highest BCUT2D eigenvalue weighted by molar-refractivity contribution is 5.99. The SMILES string of the molecule is CCCO/N=C(/CC(=O)O)Cc1ccc(OCCc2nc(-c3ccccc3)oc2C)cc1. The van der Waals surface area contributed by atoms with E-state index in [0.717, 1.165) is 34.8 Å². The average molecular weight is 437 g/mol. The number of carboxylic acids is 1. The van der Waals surface area contributed by atoms with Crippen LogP contribution in [0.25, 0.3) is 11.5 Å². The van der Waals surface area contributed by atoms with Crippen LogP contribution >= 0.6 is 0 Å². The summed E-state index contributed by atoms with van der Waals surface area (Å²) in [6, 6.07) is 17.3. The lowest BCUT2D eigenvalue weighted by Gasteiger charge is -2.08. The summed E-state index contributed by atoms with van der Waals surface area (Å²) in [6.45, 7) is 4.81. The average Bonchev–Trinajstić information content (AvgIpc) is 3.16. The third kappa shape index (κ3) is 6.97. The Balaban J connectivity index is 1.53. The summed E-state index contributed by atoms with van der Waals surface area (Å²) < 4.78 is 11.6. The number of oxime groups is 1. The smallest absolute Gasteiger partial charge is 0.309 e. The molecule has 0 bridgehead atoms. The highest BCUT2D eigenvalue weighted by Gasteiger charge is 2.12. The molecule has 0 spiro atoms. The molecule has 0 amide bonds. The summed E-state index contributed by atoms with van der Waals surface area (Å²) in [6.07, 6.45) is 1.71. The number of aromatic nitrogens is 1. The van der Waals surface area contributed by atoms with Gasteiger partial charge in [-0.25, -0.2) is 4.98 Å². The molecule has 0 aliphatic rings. The minimum Gasteiger partial charge on any atom is -0.493 e. The van der Waals surface area contributed by atoms with E-state index in [1.165, 1.54) is 0 Å². The molecule has 168 valence electrons. The van der Waals surface area contributed by atoms with Gasteiger partial charge in [-0.1, -0.05) is 42.4 Å². The zero-order valence-corrected chi connectivity index (χ0v) is 18.4. The second kappa shape index (κ2) is 11.7. The predicted octanol–water partition coefficient (Wildman–Crippen LogP) is 5.07. The van der Waals surface area contributed by atoms with Crippen molar-refractivity contribution in [3.63, 3.8) is 0 Å². The second-order valence-electron chi connectivity index (χ2n) is 7.37. The Kier molecular flexibility index (Phi) is 8.43. The van der Waals surface area contributed by atoms with Crippen LogP contribution in [0.4, 0.5) is 0 Å². The molecule has 32 heavy (non-hydrogen) atoms. The van der Waals surface area contributed by atoms with E-state index in [0.29, 0.717) is 37.7 Å². The van der Waals surface area contributed by atoms with E-state index in [-0.39, 0.29) is 6.42 Å². The van der Waals surface area contributed by atoms with Crippen LogP contribution in [0.1, 0.15) is 36.8 Å². The van der Waals surface area contributed by atoms with Gasteiger partial charge in [0.1, 0.15) is 18.1 Å². The van der Waals surface area contributed by atoms with E-state index in [2.05, 4.69) is 10.1 Å². The van der Waals surface area contributed by atoms with Crippen LogP contribution in [0.2, 0.25) is 0 Å². The van der Waals surface area contributed by atoms with Gasteiger partial charge in [-0.2, -0.15) is 0 Å². The number of oxazole rings is 1. The molecule has 2 aromatic carbocycles. The number of aliphatic carboxylic acids is 1. The molecule has 7 heteroatoms. The molecule has 7 nitrogen and oxygen atoms in total. The van der Waals surface area contributed by atoms with Crippen molar-refractivity contribution in [1.29, 1.82) is 0 Å². The first-order chi connectivity index (χ1) is 15.5. The van der Waals surface area contributed by atoms with E-state index in [9.17, 15) is 4.79 Å². The second-order valence-corrected chi connectivity index (χ2v) is 7.37. The molecule has 3 rings (SSSR count). The van der Waals surface area contributed by atoms with Gasteiger partial charge in [0, 0.05) is 18.4 Å². The molecule has 0 aliphatic heterocycles. The van der Waals surface area contributed by atoms with E-state index < -0.39 is 5.97 Å². The molecule has 0 radical (unpaired) electrons. The van der Waals surface area contributed by atoms with Gasteiger partial charge in [0.15, 0.2) is 0 Å². The fraction of sp³-hybridized carbons (Fsp3) is 0.320. The number of hydrogen-bond donors (Lipinski definition) is 1. The first-order valence-electron chi connectivity index (χ1n) is 10.7. The number of hydrogen-bond acceptors (Lipinski definition) is 6. The van der Waals surface area contributed by atoms with Gasteiger partial charge in [0.25, 0.3) is 0 Å². The van der Waals surface area contributed by atoms with Gasteiger partial charge in [0.2, 0.25) is 5.89 Å². The number of nitrogens with zero attached hydrogens (tertiary/aromatic N) is 2. The van der Waals surface area contributed by atoms with Crippen LogP contribution in [0, 0.1) is 6.92 Å². The van der Waals surface area contributed by atoms with Gasteiger partial charge in [-0.05, 0) is 43.2 Å². The predicted molar refractivity (Wildman–Crippen MR) is 122 cm³/mol. The summed E-state index contributed by atoms with van der Waals surface area (Å²) in [5.74, 6) is 1.21. The Labute approximate surface area is 187 Å². The maximum Gasteiger partial charge on any atom is 0.309 e. The molecule has 0 fully saturated rings. The third-order valence-corrected chi connectivity index (χ3v) is 4.70. The minimum absolute atomic E-state index is 0.149. The topological polar surface area (TPSA) is 94.2 Å². The minimum atomic E-state index is -0.928. The van der Waals surface area contributed by atoms with Crippen LogP contribution < -0.4 is 4.74 Å². The van der Waals surface area contributed by atoms with Gasteiger partial charge in [-0.15, -0.1) is 0 Å². The number of carboxylic acid groups (broad SMARTS) is 1. The normalized spacial score (nSPS) is 11.4. The van der Waals surface area contributed by atoms with Crippen LogP contribution in [-0.2, 0) is 22.5 Å². The number of ether oxygens (including phenoxy) is 1. The lowest BCUT2D eigenvalue weighted by atomic mass is 10.1. The van der Waals surface area contributed by atoms with Crippen molar-refractivity contribution >= 4 is 11.7 Å². The Bertz CT molecular complexity index is 1030. The van der Waals surface area contributed by atoms with Gasteiger partial charge >= 0.3 is 5.97 Å². The number of benzene rings is 2. The molecule has 0 unspecified atom stereocenters. The molecule has 0 saturated carbocycles. The van der Waals surface area contributed by atoms with Crippen molar-refractivity contribution in [1.82, 2.24) is 4.98 Å². The maximum absolute atomic E-state index is 11.1. The molecule has 1 aromatic heterocycles. The van der Waals surface area contributed by atoms with E-state index in [1.54, 1.807) is 0 Å². The summed E-state index contributed by atoms with van der Waals surface area (Å²) in [7, 11) is 0. The number of aryl methyl sites for hydroxylation is 1. The van der Waals surface area contributed by atoms with E-state index in [4.69, 9.17) is 19.1 Å². The zero-order valence-electron chi connectivity index (χ0n) is 18.4. The molecule has 0 atom stereocenters. The zero-order chi connectivity index (χ0) is 22.8. The van der Waals surface area contributed by atoms with E-state index in [1.807, 2.05) is 68.4 Å². The molecular weight excluding hydrogens is 408 g/mol. The quantitative estimate of drug-likeness (QED) is 0.242. The van der Waals surface area contributed by atoms with Gasteiger partial charge in [-0.3, -0.25) is 4.79 Å². The molecule has 3 aromatic rings. The summed E-state index contributed by atoms with van der Waals surface area (Å²) >= 11 is 0. The maximum atomic E-state index is 11.1. The van der Waals surface area contributed by atoms with Crippen molar-refractivity contribution in [3.8, 4) is 17.2 Å². The van der Waals surface area contributed by atoms with Crippen molar-refractivity contribution < 1.29 is 23.9 Å². The highest BCUT2D eigenvalue weighted by atomic mass is 16.6. The fourth-order valence-electron chi connectivity index (χ4n) is 3.10. The summed E-state index contributed by atoms with van der Waals surface area (Å²) in [4.78, 5) is 20.8. The lowest BCUT2D eigenvalue weighted by Crippen LogP contribution is -2.11. The number of carbonyl (C=O) groups is 1. The van der Waals surface area contributed by atoms with E-state index >= 15 is 0 Å². The van der Waals surface area contributed by atoms with Crippen LogP contribution in [0.5, 0.6) is 5.75 Å². The van der Waals surface area contributed by atoms with Gasteiger partial charge in [0.05, 0.1) is 24.4 Å². The largest absolute Gasteiger partial charge is 0.493 e. The number of rotatable bonds is 12. The first-order valence-corrected chi connectivity index (χ1v) is 10.7. The molecule has 1 N–H and O–H groups in total. The highest BCUT2D eigenvalue weighted by Crippen LogP contribution is 2.22. The van der Waals surface area contributed by atoms with Crippen molar-refractivity contribution in [2.45, 2.75) is 39.5 Å².